The van der Waals surface area contributed by atoms with Crippen molar-refractivity contribution in [3.63, 3.8) is 0 Å². The number of hydrogen-bond donors (Lipinski definition) is 2. The number of halogens is 1. The third kappa shape index (κ3) is 3.49. The molecule has 4 heteroatoms. The molecule has 2 saturated carbocycles. The Morgan fingerprint density at radius 2 is 2.19 bits per heavy atom. The zero-order valence-corrected chi connectivity index (χ0v) is 13.9. The highest BCUT2D eigenvalue weighted by molar-refractivity contribution is 9.10. The quantitative estimate of drug-likeness (QED) is 0.876. The number of benzene rings is 1. The van der Waals surface area contributed by atoms with Crippen LogP contribution in [0.1, 0.15) is 44.1 Å². The largest absolute Gasteiger partial charge is 0.355 e. The SMILES string of the molecule is NC1CCCC(C(=O)NCC2(c3cccc(Br)c3)CC2)C1. The van der Waals surface area contributed by atoms with Crippen molar-refractivity contribution in [2.24, 2.45) is 11.7 Å². The summed E-state index contributed by atoms with van der Waals surface area (Å²) < 4.78 is 1.11. The van der Waals surface area contributed by atoms with Crippen LogP contribution in [0.3, 0.4) is 0 Å². The van der Waals surface area contributed by atoms with E-state index in [4.69, 9.17) is 5.73 Å². The Morgan fingerprint density at radius 1 is 1.38 bits per heavy atom. The van der Waals surface area contributed by atoms with Crippen molar-refractivity contribution >= 4 is 21.8 Å². The Bertz CT molecular complexity index is 527. The van der Waals surface area contributed by atoms with Gasteiger partial charge in [0.25, 0.3) is 0 Å². The summed E-state index contributed by atoms with van der Waals surface area (Å²) in [4.78, 5) is 12.3. The van der Waals surface area contributed by atoms with Crippen LogP contribution in [-0.4, -0.2) is 18.5 Å². The average Bonchev–Trinajstić information content (AvgIpc) is 3.26. The summed E-state index contributed by atoms with van der Waals surface area (Å²) in [6.45, 7) is 0.758. The maximum absolute atomic E-state index is 12.3. The van der Waals surface area contributed by atoms with Gasteiger partial charge in [0.2, 0.25) is 5.91 Å². The molecule has 21 heavy (non-hydrogen) atoms. The molecule has 3 N–H and O–H groups in total. The molecule has 2 aliphatic rings. The molecule has 0 aliphatic heterocycles. The van der Waals surface area contributed by atoms with Gasteiger partial charge in [-0.1, -0.05) is 34.5 Å². The fourth-order valence-corrected chi connectivity index (χ4v) is 3.80. The van der Waals surface area contributed by atoms with Gasteiger partial charge >= 0.3 is 0 Å². The number of carbonyl (C=O) groups is 1. The maximum Gasteiger partial charge on any atom is 0.223 e. The molecule has 2 unspecified atom stereocenters. The molecule has 2 atom stereocenters. The number of nitrogens with two attached hydrogens (primary N) is 1. The van der Waals surface area contributed by atoms with Gasteiger partial charge in [-0.3, -0.25) is 4.79 Å². The van der Waals surface area contributed by atoms with Gasteiger partial charge in [-0.25, -0.2) is 0 Å². The lowest BCUT2D eigenvalue weighted by Gasteiger charge is -2.26. The van der Waals surface area contributed by atoms with Crippen LogP contribution < -0.4 is 11.1 Å². The van der Waals surface area contributed by atoms with Gasteiger partial charge in [-0.05, 0) is 49.8 Å². The van der Waals surface area contributed by atoms with Crippen molar-refractivity contribution in [1.82, 2.24) is 5.32 Å². The first-order valence-electron chi connectivity index (χ1n) is 7.88. The van der Waals surface area contributed by atoms with Crippen molar-refractivity contribution in [2.45, 2.75) is 50.0 Å². The minimum Gasteiger partial charge on any atom is -0.355 e. The van der Waals surface area contributed by atoms with E-state index in [0.717, 1.165) is 49.5 Å². The first-order chi connectivity index (χ1) is 10.1. The van der Waals surface area contributed by atoms with Crippen LogP contribution in [0.4, 0.5) is 0 Å². The molecule has 0 bridgehead atoms. The topological polar surface area (TPSA) is 55.1 Å². The summed E-state index contributed by atoms with van der Waals surface area (Å²) >= 11 is 3.53. The second kappa shape index (κ2) is 6.09. The number of carbonyl (C=O) groups excluding carboxylic acids is 1. The van der Waals surface area contributed by atoms with E-state index < -0.39 is 0 Å². The first-order valence-corrected chi connectivity index (χ1v) is 8.68. The van der Waals surface area contributed by atoms with Crippen molar-refractivity contribution in [1.29, 1.82) is 0 Å². The molecule has 0 spiro atoms. The third-order valence-corrected chi connectivity index (χ3v) is 5.47. The molecule has 0 saturated heterocycles. The molecule has 2 aliphatic carbocycles. The van der Waals surface area contributed by atoms with E-state index in [2.05, 4.69) is 39.4 Å². The number of nitrogens with one attached hydrogen (secondary N) is 1. The van der Waals surface area contributed by atoms with Crippen LogP contribution in [0.15, 0.2) is 28.7 Å². The van der Waals surface area contributed by atoms with Crippen LogP contribution in [-0.2, 0) is 10.2 Å². The molecule has 1 aromatic carbocycles. The molecule has 0 radical (unpaired) electrons. The molecule has 3 nitrogen and oxygen atoms in total. The van der Waals surface area contributed by atoms with Crippen LogP contribution in [0.25, 0.3) is 0 Å². The van der Waals surface area contributed by atoms with E-state index in [9.17, 15) is 4.79 Å². The van der Waals surface area contributed by atoms with Crippen LogP contribution >= 0.6 is 15.9 Å². The van der Waals surface area contributed by atoms with Gasteiger partial charge in [-0.2, -0.15) is 0 Å². The van der Waals surface area contributed by atoms with E-state index >= 15 is 0 Å². The summed E-state index contributed by atoms with van der Waals surface area (Å²) in [6.07, 6.45) is 6.29. The molecule has 3 rings (SSSR count). The van der Waals surface area contributed by atoms with E-state index in [1.807, 2.05) is 6.07 Å². The number of amides is 1. The van der Waals surface area contributed by atoms with Crippen molar-refractivity contribution < 1.29 is 4.79 Å². The lowest BCUT2D eigenvalue weighted by molar-refractivity contribution is -0.126. The molecule has 1 aromatic rings. The molecule has 2 fully saturated rings. The predicted octanol–water partition coefficient (Wildman–Crippen LogP) is 3.11. The van der Waals surface area contributed by atoms with E-state index in [1.165, 1.54) is 5.56 Å². The summed E-state index contributed by atoms with van der Waals surface area (Å²) in [5.41, 5.74) is 7.47. The first kappa shape index (κ1) is 15.0. The monoisotopic (exact) mass is 350 g/mol. The third-order valence-electron chi connectivity index (χ3n) is 4.98. The fraction of sp³-hybridized carbons (Fsp3) is 0.588. The van der Waals surface area contributed by atoms with Crippen LogP contribution in [0, 0.1) is 5.92 Å². The standard InChI is InChI=1S/C17H23BrN2O/c18-14-5-2-4-13(10-14)17(7-8-17)11-20-16(21)12-3-1-6-15(19)9-12/h2,4-5,10,12,15H,1,3,6-9,11,19H2,(H,20,21). The Morgan fingerprint density at radius 3 is 2.86 bits per heavy atom. The van der Waals surface area contributed by atoms with Crippen molar-refractivity contribution in [2.75, 3.05) is 6.54 Å². The minimum atomic E-state index is 0.118. The highest BCUT2D eigenvalue weighted by atomic mass is 79.9. The van der Waals surface area contributed by atoms with E-state index in [0.29, 0.717) is 0 Å². The summed E-state index contributed by atoms with van der Waals surface area (Å²) in [7, 11) is 0. The maximum atomic E-state index is 12.3. The predicted molar refractivity (Wildman–Crippen MR) is 88.0 cm³/mol. The molecular weight excluding hydrogens is 328 g/mol. The van der Waals surface area contributed by atoms with E-state index in [-0.39, 0.29) is 23.3 Å². The second-order valence-electron chi connectivity index (χ2n) is 6.63. The van der Waals surface area contributed by atoms with Gasteiger partial charge in [0.05, 0.1) is 0 Å². The average molecular weight is 351 g/mol. The highest BCUT2D eigenvalue weighted by Gasteiger charge is 2.44. The lowest BCUT2D eigenvalue weighted by Crippen LogP contribution is -2.40. The summed E-state index contributed by atoms with van der Waals surface area (Å²) in [5.74, 6) is 0.318. The fourth-order valence-electron chi connectivity index (χ4n) is 3.40. The van der Waals surface area contributed by atoms with E-state index in [1.54, 1.807) is 0 Å². The number of rotatable bonds is 4. The van der Waals surface area contributed by atoms with Crippen molar-refractivity contribution in [3.05, 3.63) is 34.3 Å². The Kier molecular flexibility index (Phi) is 4.36. The van der Waals surface area contributed by atoms with Crippen molar-refractivity contribution in [3.8, 4) is 0 Å². The molecule has 1 amide bonds. The Hall–Kier alpha value is -0.870. The normalized spacial score (nSPS) is 27.1. The Labute approximate surface area is 134 Å². The molecule has 114 valence electrons. The van der Waals surface area contributed by atoms with Gasteiger partial charge in [-0.15, -0.1) is 0 Å². The number of hydrogen-bond acceptors (Lipinski definition) is 2. The summed E-state index contributed by atoms with van der Waals surface area (Å²) in [6, 6.07) is 8.66. The second-order valence-corrected chi connectivity index (χ2v) is 7.55. The van der Waals surface area contributed by atoms with Gasteiger partial charge in [0.15, 0.2) is 0 Å². The lowest BCUT2D eigenvalue weighted by atomic mass is 9.85. The minimum absolute atomic E-state index is 0.118. The summed E-state index contributed by atoms with van der Waals surface area (Å²) in [5, 5.41) is 3.18. The Balaban J connectivity index is 1.58. The zero-order valence-electron chi connectivity index (χ0n) is 12.3. The smallest absolute Gasteiger partial charge is 0.223 e. The molecule has 0 aromatic heterocycles. The van der Waals surface area contributed by atoms with Gasteiger partial charge < -0.3 is 11.1 Å². The zero-order chi connectivity index (χ0) is 14.9. The van der Waals surface area contributed by atoms with Gasteiger partial charge in [0, 0.05) is 28.4 Å². The van der Waals surface area contributed by atoms with Gasteiger partial charge in [0.1, 0.15) is 0 Å². The highest BCUT2D eigenvalue weighted by Crippen LogP contribution is 2.48. The van der Waals surface area contributed by atoms with Crippen LogP contribution in [0.2, 0.25) is 0 Å². The van der Waals surface area contributed by atoms with Crippen LogP contribution in [0.5, 0.6) is 0 Å². The molecule has 0 heterocycles. The molecular formula is C17H23BrN2O.